The summed E-state index contributed by atoms with van der Waals surface area (Å²) in [5, 5.41) is 15.1. The van der Waals surface area contributed by atoms with Crippen molar-refractivity contribution in [2.45, 2.75) is 6.92 Å². The molecule has 0 aliphatic carbocycles. The second-order valence-electron chi connectivity index (χ2n) is 5.01. The maximum Gasteiger partial charge on any atom is 0.328 e. The number of hydrogen-bond acceptors (Lipinski definition) is 5. The van der Waals surface area contributed by atoms with Gasteiger partial charge in [0.2, 0.25) is 5.88 Å². The molecule has 122 valence electrons. The van der Waals surface area contributed by atoms with Gasteiger partial charge in [0.25, 0.3) is 11.5 Å². The fourth-order valence-electron chi connectivity index (χ4n) is 2.20. The lowest BCUT2D eigenvalue weighted by Crippen LogP contribution is -2.25. The number of hydrazone groups is 1. The van der Waals surface area contributed by atoms with Crippen LogP contribution in [0.5, 0.6) is 5.88 Å². The molecule has 0 saturated carbocycles. The summed E-state index contributed by atoms with van der Waals surface area (Å²) < 4.78 is 0.860. The number of amides is 1. The van der Waals surface area contributed by atoms with Crippen molar-refractivity contribution >= 4 is 39.3 Å². The van der Waals surface area contributed by atoms with Crippen molar-refractivity contribution in [1.29, 1.82) is 0 Å². The van der Waals surface area contributed by atoms with E-state index in [1.54, 1.807) is 31.2 Å². The van der Waals surface area contributed by atoms with E-state index in [4.69, 9.17) is 0 Å². The highest BCUT2D eigenvalue weighted by Crippen LogP contribution is 2.26. The first kappa shape index (κ1) is 15.9. The van der Waals surface area contributed by atoms with Crippen molar-refractivity contribution < 1.29 is 9.90 Å². The van der Waals surface area contributed by atoms with Gasteiger partial charge in [-0.1, -0.05) is 15.9 Å². The average Bonchev–Trinajstić information content (AvgIpc) is 2.79. The van der Waals surface area contributed by atoms with E-state index in [9.17, 15) is 19.5 Å². The van der Waals surface area contributed by atoms with E-state index in [0.717, 1.165) is 4.47 Å². The van der Waals surface area contributed by atoms with Crippen LogP contribution in [0.3, 0.4) is 0 Å². The Morgan fingerprint density at radius 1 is 1.17 bits per heavy atom. The molecule has 9 heteroatoms. The first-order chi connectivity index (χ1) is 11.4. The number of benzene rings is 1. The number of carbonyl (C=O) groups excluding carboxylic acids is 1. The smallest absolute Gasteiger partial charge is 0.328 e. The fraction of sp³-hybridized carbons (Fsp3) is 0.0667. The van der Waals surface area contributed by atoms with Crippen LogP contribution in [0.1, 0.15) is 12.5 Å². The van der Waals surface area contributed by atoms with Gasteiger partial charge in [-0.25, -0.2) is 4.79 Å². The van der Waals surface area contributed by atoms with Gasteiger partial charge in [-0.2, -0.15) is 10.1 Å². The van der Waals surface area contributed by atoms with Gasteiger partial charge >= 0.3 is 5.69 Å². The fourth-order valence-corrected chi connectivity index (χ4v) is 2.47. The van der Waals surface area contributed by atoms with Crippen molar-refractivity contribution in [1.82, 2.24) is 9.97 Å². The third-order valence-corrected chi connectivity index (χ3v) is 3.91. The molecule has 24 heavy (non-hydrogen) atoms. The highest BCUT2D eigenvalue weighted by molar-refractivity contribution is 9.10. The maximum atomic E-state index is 12.6. The molecular formula is C15H11BrN4O4. The van der Waals surface area contributed by atoms with Gasteiger partial charge in [0.1, 0.15) is 5.56 Å². The second kappa shape index (κ2) is 5.93. The van der Waals surface area contributed by atoms with Crippen molar-refractivity contribution in [3.63, 3.8) is 0 Å². The molecule has 1 aromatic heterocycles. The molecule has 0 atom stereocenters. The minimum Gasteiger partial charge on any atom is -0.494 e. The summed E-state index contributed by atoms with van der Waals surface area (Å²) in [6, 6.07) is 6.97. The minimum absolute atomic E-state index is 0.144. The van der Waals surface area contributed by atoms with Crippen LogP contribution in [-0.2, 0) is 4.79 Å². The normalized spacial score (nSPS) is 15.9. The molecule has 0 bridgehead atoms. The Labute approximate surface area is 143 Å². The number of aromatic nitrogens is 2. The Bertz CT molecular complexity index is 1000. The molecule has 0 fully saturated rings. The largest absolute Gasteiger partial charge is 0.494 e. The van der Waals surface area contributed by atoms with Crippen molar-refractivity contribution in [3.05, 3.63) is 60.7 Å². The molecule has 0 saturated heterocycles. The number of halogens is 1. The third-order valence-electron chi connectivity index (χ3n) is 3.38. The van der Waals surface area contributed by atoms with Crippen molar-refractivity contribution in [3.8, 4) is 5.88 Å². The number of carbonyl (C=O) groups is 1. The summed E-state index contributed by atoms with van der Waals surface area (Å²) in [6.07, 6.45) is 1.20. The van der Waals surface area contributed by atoms with Crippen LogP contribution in [0.15, 0.2) is 49.0 Å². The zero-order valence-corrected chi connectivity index (χ0v) is 13.9. The monoisotopic (exact) mass is 390 g/mol. The Morgan fingerprint density at radius 3 is 2.46 bits per heavy atom. The third kappa shape index (κ3) is 2.81. The molecule has 2 aromatic rings. The number of rotatable bonds is 2. The second-order valence-corrected chi connectivity index (χ2v) is 5.92. The van der Waals surface area contributed by atoms with E-state index in [2.05, 4.69) is 26.0 Å². The molecule has 0 spiro atoms. The molecule has 2 heterocycles. The molecule has 0 unspecified atom stereocenters. The van der Waals surface area contributed by atoms with Crippen LogP contribution >= 0.6 is 15.9 Å². The maximum absolute atomic E-state index is 12.6. The highest BCUT2D eigenvalue weighted by atomic mass is 79.9. The first-order valence-electron chi connectivity index (χ1n) is 6.79. The quantitative estimate of drug-likeness (QED) is 0.670. The minimum atomic E-state index is -0.834. The summed E-state index contributed by atoms with van der Waals surface area (Å²) in [6.45, 7) is 1.61. The van der Waals surface area contributed by atoms with E-state index >= 15 is 0 Å². The zero-order chi connectivity index (χ0) is 17.4. The van der Waals surface area contributed by atoms with Gasteiger partial charge in [-0.15, -0.1) is 0 Å². The molecule has 1 amide bonds. The number of nitrogens with one attached hydrogen (secondary N) is 2. The van der Waals surface area contributed by atoms with E-state index in [1.807, 2.05) is 4.98 Å². The summed E-state index contributed by atoms with van der Waals surface area (Å²) in [5.41, 5.74) is -0.764. The topological polar surface area (TPSA) is 119 Å². The lowest BCUT2D eigenvalue weighted by atomic mass is 10.1. The number of nitrogens with zero attached hydrogens (tertiary/aromatic N) is 2. The van der Waals surface area contributed by atoms with Gasteiger partial charge < -0.3 is 5.11 Å². The Hall–Kier alpha value is -2.94. The van der Waals surface area contributed by atoms with Gasteiger partial charge in [-0.3, -0.25) is 19.6 Å². The van der Waals surface area contributed by atoms with Gasteiger partial charge in [0.15, 0.2) is 0 Å². The summed E-state index contributed by atoms with van der Waals surface area (Å²) in [5.74, 6) is -1.06. The predicted octanol–water partition coefficient (Wildman–Crippen LogP) is 1.34. The Morgan fingerprint density at radius 2 is 1.83 bits per heavy atom. The lowest BCUT2D eigenvalue weighted by Gasteiger charge is -2.11. The van der Waals surface area contributed by atoms with E-state index in [1.165, 1.54) is 11.1 Å². The molecule has 3 rings (SSSR count). The zero-order valence-electron chi connectivity index (χ0n) is 12.3. The predicted molar refractivity (Wildman–Crippen MR) is 92.1 cm³/mol. The standard InChI is InChI=1S/C15H11BrN4O4/c1-7-10(6-11-12(21)17-15(24)18-13(11)22)14(23)20(19-7)9-4-2-8(16)3-5-9/h2-6H,1H3,(H3,17,18,21,22,24). The number of aromatic hydroxyl groups is 1. The lowest BCUT2D eigenvalue weighted by molar-refractivity contribution is -0.114. The van der Waals surface area contributed by atoms with Crippen LogP contribution in [-0.4, -0.2) is 26.7 Å². The van der Waals surface area contributed by atoms with Crippen LogP contribution in [0.4, 0.5) is 5.69 Å². The Balaban J connectivity index is 2.04. The molecule has 8 nitrogen and oxygen atoms in total. The van der Waals surface area contributed by atoms with Gasteiger partial charge in [-0.05, 0) is 37.3 Å². The molecule has 1 aliphatic rings. The van der Waals surface area contributed by atoms with E-state index < -0.39 is 23.0 Å². The highest BCUT2D eigenvalue weighted by Gasteiger charge is 2.29. The summed E-state index contributed by atoms with van der Waals surface area (Å²) in [4.78, 5) is 39.5. The van der Waals surface area contributed by atoms with Crippen LogP contribution in [0.2, 0.25) is 0 Å². The average molecular weight is 391 g/mol. The molecular weight excluding hydrogens is 380 g/mol. The molecule has 0 radical (unpaired) electrons. The van der Waals surface area contributed by atoms with Crippen LogP contribution in [0.25, 0.3) is 6.08 Å². The number of aromatic amines is 2. The number of anilines is 1. The van der Waals surface area contributed by atoms with Gasteiger partial charge in [0.05, 0.1) is 17.0 Å². The van der Waals surface area contributed by atoms with Crippen LogP contribution < -0.4 is 16.3 Å². The molecule has 3 N–H and O–H groups in total. The number of H-pyrrole nitrogens is 2. The molecule has 1 aliphatic heterocycles. The Kier molecular flexibility index (Phi) is 3.94. The van der Waals surface area contributed by atoms with Gasteiger partial charge in [0, 0.05) is 4.47 Å². The molecule has 1 aromatic carbocycles. The summed E-state index contributed by atoms with van der Waals surface area (Å²) in [7, 11) is 0. The summed E-state index contributed by atoms with van der Waals surface area (Å²) >= 11 is 3.31. The van der Waals surface area contributed by atoms with Crippen molar-refractivity contribution in [2.24, 2.45) is 5.10 Å². The van der Waals surface area contributed by atoms with E-state index in [-0.39, 0.29) is 11.1 Å². The van der Waals surface area contributed by atoms with Crippen LogP contribution in [0, 0.1) is 0 Å². The SMILES string of the molecule is CC1=NN(c2ccc(Br)cc2)C(=O)C1=Cc1c(O)[nH]c(=O)[nH]c1=O. The number of hydrogen-bond donors (Lipinski definition) is 3. The first-order valence-corrected chi connectivity index (χ1v) is 7.59. The van der Waals surface area contributed by atoms with E-state index in [0.29, 0.717) is 11.4 Å². The van der Waals surface area contributed by atoms with Crippen molar-refractivity contribution in [2.75, 3.05) is 5.01 Å².